The number of rotatable bonds is 8. The fourth-order valence-electron chi connectivity index (χ4n) is 4.83. The number of esters is 1. The van der Waals surface area contributed by atoms with Crippen molar-refractivity contribution in [1.82, 2.24) is 4.57 Å². The number of nitrogens with zero attached hydrogens (tertiary/aromatic N) is 2. The second-order valence-electron chi connectivity index (χ2n) is 9.51. The van der Waals surface area contributed by atoms with Crippen molar-refractivity contribution in [1.29, 1.82) is 0 Å². The number of benzene rings is 3. The van der Waals surface area contributed by atoms with Gasteiger partial charge in [0, 0.05) is 26.6 Å². The molecule has 0 bridgehead atoms. The third-order valence-electron chi connectivity index (χ3n) is 6.79. The zero-order valence-corrected chi connectivity index (χ0v) is 25.2. The van der Waals surface area contributed by atoms with Crippen LogP contribution in [0.2, 0.25) is 5.02 Å². The van der Waals surface area contributed by atoms with E-state index in [1.54, 1.807) is 54.0 Å². The summed E-state index contributed by atoms with van der Waals surface area (Å²) in [6.07, 6.45) is 1.69. The summed E-state index contributed by atoms with van der Waals surface area (Å²) in [5.74, 6) is -0.464. The predicted molar refractivity (Wildman–Crippen MR) is 168 cm³/mol. The van der Waals surface area contributed by atoms with E-state index < -0.39 is 12.0 Å². The van der Waals surface area contributed by atoms with Crippen LogP contribution in [0.1, 0.15) is 34.5 Å². The molecular formula is C33H24ClFN2O4S2. The van der Waals surface area contributed by atoms with Gasteiger partial charge in [0.05, 0.1) is 22.4 Å². The van der Waals surface area contributed by atoms with E-state index in [9.17, 15) is 14.0 Å². The summed E-state index contributed by atoms with van der Waals surface area (Å²) in [4.78, 5) is 33.7. The van der Waals surface area contributed by atoms with Gasteiger partial charge in [-0.15, -0.1) is 11.3 Å². The van der Waals surface area contributed by atoms with Gasteiger partial charge in [0.2, 0.25) is 0 Å². The molecule has 0 N–H and O–H groups in total. The topological polar surface area (TPSA) is 69.9 Å². The molecule has 2 aromatic heterocycles. The minimum Gasteiger partial charge on any atom is -0.488 e. The molecule has 216 valence electrons. The first-order chi connectivity index (χ1) is 20.9. The maximum absolute atomic E-state index is 14.2. The third-order valence-corrected chi connectivity index (χ3v) is 8.93. The predicted octanol–water partition coefficient (Wildman–Crippen LogP) is 6.37. The lowest BCUT2D eigenvalue weighted by molar-refractivity contribution is -0.138. The monoisotopic (exact) mass is 630 g/mol. The van der Waals surface area contributed by atoms with Gasteiger partial charge in [0.25, 0.3) is 5.56 Å². The summed E-state index contributed by atoms with van der Waals surface area (Å²) in [5, 5.41) is 2.35. The van der Waals surface area contributed by atoms with Crippen LogP contribution in [-0.4, -0.2) is 17.1 Å². The lowest BCUT2D eigenvalue weighted by Crippen LogP contribution is -2.39. The first kappa shape index (κ1) is 28.8. The van der Waals surface area contributed by atoms with Crippen LogP contribution in [0.3, 0.4) is 0 Å². The van der Waals surface area contributed by atoms with E-state index in [1.807, 2.05) is 47.8 Å². The van der Waals surface area contributed by atoms with Crippen molar-refractivity contribution in [3.8, 4) is 5.75 Å². The van der Waals surface area contributed by atoms with Gasteiger partial charge in [0.1, 0.15) is 24.2 Å². The van der Waals surface area contributed by atoms with E-state index in [4.69, 9.17) is 26.1 Å². The number of thiazole rings is 1. The lowest BCUT2D eigenvalue weighted by Gasteiger charge is -2.24. The summed E-state index contributed by atoms with van der Waals surface area (Å²) >= 11 is 8.98. The molecule has 1 aliphatic rings. The molecule has 0 unspecified atom stereocenters. The SMILES string of the molecule is CCOC(=O)C1=C(c2ccccc2)N=c2s/c(=C\c3cc(Cl)ccc3OCc3ccccc3F)c(=O)n2[C@H]1c1cccs1. The number of carbonyl (C=O) groups excluding carboxylic acids is 1. The van der Waals surface area contributed by atoms with Gasteiger partial charge in [-0.2, -0.15) is 0 Å². The fourth-order valence-corrected chi connectivity index (χ4v) is 6.83. The van der Waals surface area contributed by atoms with E-state index in [0.29, 0.717) is 42.5 Å². The molecule has 0 saturated carbocycles. The van der Waals surface area contributed by atoms with Gasteiger partial charge < -0.3 is 9.47 Å². The van der Waals surface area contributed by atoms with Gasteiger partial charge >= 0.3 is 5.97 Å². The number of fused-ring (bicyclic) bond motifs is 1. The maximum atomic E-state index is 14.2. The number of carbonyl (C=O) groups is 1. The molecule has 1 atom stereocenters. The van der Waals surface area contributed by atoms with Crippen molar-refractivity contribution in [2.75, 3.05) is 6.61 Å². The summed E-state index contributed by atoms with van der Waals surface area (Å²) in [6.45, 7) is 1.92. The molecule has 43 heavy (non-hydrogen) atoms. The molecule has 0 amide bonds. The quantitative estimate of drug-likeness (QED) is 0.187. The first-order valence-electron chi connectivity index (χ1n) is 13.4. The second-order valence-corrected chi connectivity index (χ2v) is 11.9. The van der Waals surface area contributed by atoms with Crippen molar-refractivity contribution in [2.24, 2.45) is 4.99 Å². The van der Waals surface area contributed by atoms with Crippen molar-refractivity contribution in [2.45, 2.75) is 19.6 Å². The Bertz CT molecular complexity index is 2020. The molecule has 0 spiro atoms. The number of aromatic nitrogens is 1. The minimum atomic E-state index is -0.733. The Balaban J connectivity index is 1.52. The van der Waals surface area contributed by atoms with Crippen LogP contribution in [0.4, 0.5) is 4.39 Å². The molecular weight excluding hydrogens is 607 g/mol. The Hall–Kier alpha value is -4.31. The van der Waals surface area contributed by atoms with Crippen LogP contribution < -0.4 is 19.6 Å². The smallest absolute Gasteiger partial charge is 0.338 e. The van der Waals surface area contributed by atoms with Crippen molar-refractivity contribution in [3.63, 3.8) is 0 Å². The molecule has 5 aromatic rings. The van der Waals surface area contributed by atoms with Gasteiger partial charge in [-0.1, -0.05) is 77.5 Å². The summed E-state index contributed by atoms with van der Waals surface area (Å²) < 4.78 is 27.6. The number of thiophene rings is 1. The lowest BCUT2D eigenvalue weighted by atomic mass is 9.97. The molecule has 3 aromatic carbocycles. The molecule has 3 heterocycles. The zero-order valence-electron chi connectivity index (χ0n) is 22.8. The van der Waals surface area contributed by atoms with E-state index in [0.717, 1.165) is 10.4 Å². The summed E-state index contributed by atoms with van der Waals surface area (Å²) in [7, 11) is 0. The number of hydrogen-bond acceptors (Lipinski definition) is 7. The average molecular weight is 631 g/mol. The van der Waals surface area contributed by atoms with Crippen LogP contribution in [0.5, 0.6) is 5.75 Å². The van der Waals surface area contributed by atoms with Crippen molar-refractivity contribution >= 4 is 52.0 Å². The first-order valence-corrected chi connectivity index (χ1v) is 15.5. The average Bonchev–Trinajstić information content (AvgIpc) is 3.65. The van der Waals surface area contributed by atoms with E-state index in [1.165, 1.54) is 28.7 Å². The Morgan fingerprint density at radius 2 is 1.86 bits per heavy atom. The largest absolute Gasteiger partial charge is 0.488 e. The second kappa shape index (κ2) is 12.5. The van der Waals surface area contributed by atoms with Crippen LogP contribution >= 0.6 is 34.3 Å². The normalized spacial score (nSPS) is 14.8. The molecule has 0 fully saturated rings. The van der Waals surface area contributed by atoms with Gasteiger partial charge in [-0.05, 0) is 48.7 Å². The van der Waals surface area contributed by atoms with Gasteiger partial charge in [0.15, 0.2) is 4.80 Å². The highest BCUT2D eigenvalue weighted by molar-refractivity contribution is 7.10. The fraction of sp³-hybridized carbons (Fsp3) is 0.121. The van der Waals surface area contributed by atoms with Crippen molar-refractivity contribution < 1.29 is 18.7 Å². The molecule has 0 radical (unpaired) electrons. The highest BCUT2D eigenvalue weighted by Crippen LogP contribution is 2.37. The van der Waals surface area contributed by atoms with Crippen molar-refractivity contribution in [3.05, 3.63) is 148 Å². The van der Waals surface area contributed by atoms with Gasteiger partial charge in [-0.3, -0.25) is 9.36 Å². The summed E-state index contributed by atoms with van der Waals surface area (Å²) in [5.41, 5.74) is 2.13. The molecule has 6 rings (SSSR count). The van der Waals surface area contributed by atoms with Gasteiger partial charge in [-0.25, -0.2) is 14.2 Å². The Morgan fingerprint density at radius 3 is 2.60 bits per heavy atom. The highest BCUT2D eigenvalue weighted by Gasteiger charge is 2.35. The molecule has 1 aliphatic heterocycles. The third kappa shape index (κ3) is 5.84. The number of halogens is 2. The van der Waals surface area contributed by atoms with E-state index >= 15 is 0 Å². The maximum Gasteiger partial charge on any atom is 0.338 e. The Labute approximate surface area is 259 Å². The standard InChI is InChI=1S/C33H24ClFN2O4S2/c1-2-40-32(39)28-29(20-9-4-3-5-10-20)36-33-37(30(28)26-13-8-16-42-26)31(38)27(43-33)18-22-17-23(34)14-15-25(22)41-19-21-11-6-7-12-24(21)35/h3-18,30H,2,19H2,1H3/b27-18-/t30-/m0/s1. The molecule has 0 saturated heterocycles. The van der Waals surface area contributed by atoms with Crippen LogP contribution in [0, 0.1) is 5.82 Å². The highest BCUT2D eigenvalue weighted by atomic mass is 35.5. The Kier molecular flexibility index (Phi) is 8.38. The summed E-state index contributed by atoms with van der Waals surface area (Å²) in [6, 6.07) is 23.9. The van der Waals surface area contributed by atoms with Crippen LogP contribution in [-0.2, 0) is 16.1 Å². The van der Waals surface area contributed by atoms with E-state index in [2.05, 4.69) is 0 Å². The van der Waals surface area contributed by atoms with E-state index in [-0.39, 0.29) is 24.6 Å². The number of hydrogen-bond donors (Lipinski definition) is 0. The molecule has 10 heteroatoms. The van der Waals surface area contributed by atoms with Crippen LogP contribution in [0.15, 0.2) is 106 Å². The Morgan fingerprint density at radius 1 is 1.07 bits per heavy atom. The van der Waals surface area contributed by atoms with Crippen LogP contribution in [0.25, 0.3) is 11.8 Å². The number of ether oxygens (including phenoxy) is 2. The minimum absolute atomic E-state index is 0.00188. The molecule has 0 aliphatic carbocycles. The molecule has 6 nitrogen and oxygen atoms in total. The zero-order chi connectivity index (χ0) is 29.9.